The molecule has 1 fully saturated rings. The van der Waals surface area contributed by atoms with Crippen molar-refractivity contribution in [2.75, 3.05) is 6.54 Å². The van der Waals surface area contributed by atoms with Gasteiger partial charge >= 0.3 is 0 Å². The predicted molar refractivity (Wildman–Crippen MR) is 86.8 cm³/mol. The average molecular weight is 291 g/mol. The Bertz CT molecular complexity index is 436. The highest BCUT2D eigenvalue weighted by molar-refractivity contribution is 5.43. The van der Waals surface area contributed by atoms with E-state index in [0.29, 0.717) is 0 Å². The summed E-state index contributed by atoms with van der Waals surface area (Å²) in [6.45, 7) is 8.32. The molecule has 2 unspecified atom stereocenters. The molecule has 1 aromatic rings. The summed E-state index contributed by atoms with van der Waals surface area (Å²) in [6, 6.07) is 4.39. The predicted octanol–water partition coefficient (Wildman–Crippen LogP) is 3.49. The fraction of sp³-hybridized carbons (Fsp3) is 0.667. The summed E-state index contributed by atoms with van der Waals surface area (Å²) < 4.78 is 6.14. The molecule has 0 saturated heterocycles. The summed E-state index contributed by atoms with van der Waals surface area (Å²) in [5.74, 6) is 0.959. The van der Waals surface area contributed by atoms with Crippen molar-refractivity contribution in [3.05, 3.63) is 28.8 Å². The van der Waals surface area contributed by atoms with Crippen LogP contribution in [0.3, 0.4) is 0 Å². The first-order valence-electron chi connectivity index (χ1n) is 8.27. The highest BCUT2D eigenvalue weighted by Gasteiger charge is 2.25. The molecule has 118 valence electrons. The lowest BCUT2D eigenvalue weighted by atomic mass is 9.94. The van der Waals surface area contributed by atoms with Gasteiger partial charge in [0, 0.05) is 6.54 Å². The standard InChI is InChI=1S/C18H29NO2/c1-4-9-19-12-15-10-13(2)18(14(3)11-15)21-17-8-6-5-7-16(17)20/h10-11,16-17,19-20H,4-9,12H2,1-3H3. The third-order valence-electron chi connectivity index (χ3n) is 4.21. The lowest BCUT2D eigenvalue weighted by molar-refractivity contribution is 0.00620. The Morgan fingerprint density at radius 3 is 2.48 bits per heavy atom. The Labute approximate surface area is 128 Å². The van der Waals surface area contributed by atoms with Crippen molar-refractivity contribution in [3.63, 3.8) is 0 Å². The third-order valence-corrected chi connectivity index (χ3v) is 4.21. The number of ether oxygens (including phenoxy) is 1. The van der Waals surface area contributed by atoms with Crippen molar-refractivity contribution < 1.29 is 9.84 Å². The smallest absolute Gasteiger partial charge is 0.125 e. The molecule has 0 radical (unpaired) electrons. The summed E-state index contributed by atoms with van der Waals surface area (Å²) in [4.78, 5) is 0. The topological polar surface area (TPSA) is 41.5 Å². The molecular weight excluding hydrogens is 262 g/mol. The van der Waals surface area contributed by atoms with E-state index in [1.165, 1.54) is 16.7 Å². The number of hydrogen-bond acceptors (Lipinski definition) is 3. The second-order valence-electron chi connectivity index (χ2n) is 6.24. The van der Waals surface area contributed by atoms with E-state index in [4.69, 9.17) is 4.74 Å². The molecule has 1 aliphatic rings. The van der Waals surface area contributed by atoms with Crippen molar-refractivity contribution >= 4 is 0 Å². The zero-order valence-electron chi connectivity index (χ0n) is 13.6. The van der Waals surface area contributed by atoms with E-state index in [0.717, 1.165) is 50.9 Å². The zero-order valence-corrected chi connectivity index (χ0v) is 13.6. The molecule has 1 saturated carbocycles. The minimum atomic E-state index is -0.316. The number of benzene rings is 1. The normalized spacial score (nSPS) is 22.3. The van der Waals surface area contributed by atoms with Crippen LogP contribution in [0.5, 0.6) is 5.75 Å². The quantitative estimate of drug-likeness (QED) is 0.788. The summed E-state index contributed by atoms with van der Waals surface area (Å²) in [7, 11) is 0. The van der Waals surface area contributed by atoms with Crippen molar-refractivity contribution in [2.45, 2.75) is 71.6 Å². The van der Waals surface area contributed by atoms with Gasteiger partial charge in [-0.2, -0.15) is 0 Å². The molecule has 3 nitrogen and oxygen atoms in total. The van der Waals surface area contributed by atoms with Gasteiger partial charge in [0.15, 0.2) is 0 Å². The minimum absolute atomic E-state index is 0.0415. The van der Waals surface area contributed by atoms with Gasteiger partial charge in [-0.1, -0.05) is 25.5 Å². The van der Waals surface area contributed by atoms with Gasteiger partial charge in [0.25, 0.3) is 0 Å². The Morgan fingerprint density at radius 1 is 1.19 bits per heavy atom. The van der Waals surface area contributed by atoms with Gasteiger partial charge in [0.05, 0.1) is 6.10 Å². The molecule has 0 heterocycles. The van der Waals surface area contributed by atoms with Gasteiger partial charge < -0.3 is 15.2 Å². The van der Waals surface area contributed by atoms with Crippen LogP contribution in [0.4, 0.5) is 0 Å². The molecule has 2 rings (SSSR count). The lowest BCUT2D eigenvalue weighted by Gasteiger charge is -2.29. The van der Waals surface area contributed by atoms with Gasteiger partial charge in [-0.3, -0.25) is 0 Å². The van der Waals surface area contributed by atoms with E-state index in [-0.39, 0.29) is 12.2 Å². The van der Waals surface area contributed by atoms with Gasteiger partial charge in [0.2, 0.25) is 0 Å². The highest BCUT2D eigenvalue weighted by Crippen LogP contribution is 2.30. The monoisotopic (exact) mass is 291 g/mol. The van der Waals surface area contributed by atoms with E-state index >= 15 is 0 Å². The van der Waals surface area contributed by atoms with Crippen molar-refractivity contribution in [1.82, 2.24) is 5.32 Å². The minimum Gasteiger partial charge on any atom is -0.487 e. The number of nitrogens with one attached hydrogen (secondary N) is 1. The Balaban J connectivity index is 2.05. The van der Waals surface area contributed by atoms with Crippen LogP contribution in [0, 0.1) is 13.8 Å². The van der Waals surface area contributed by atoms with E-state index in [1.807, 2.05) is 0 Å². The molecule has 3 heteroatoms. The van der Waals surface area contributed by atoms with Crippen LogP contribution >= 0.6 is 0 Å². The third kappa shape index (κ3) is 4.45. The number of aryl methyl sites for hydroxylation is 2. The fourth-order valence-electron chi connectivity index (χ4n) is 3.10. The molecule has 0 aromatic heterocycles. The maximum atomic E-state index is 10.1. The highest BCUT2D eigenvalue weighted by atomic mass is 16.5. The van der Waals surface area contributed by atoms with E-state index in [9.17, 15) is 5.11 Å². The summed E-state index contributed by atoms with van der Waals surface area (Å²) in [5.41, 5.74) is 3.64. The maximum Gasteiger partial charge on any atom is 0.125 e. The summed E-state index contributed by atoms with van der Waals surface area (Å²) >= 11 is 0. The van der Waals surface area contributed by atoms with Crippen LogP contribution in [0.25, 0.3) is 0 Å². The van der Waals surface area contributed by atoms with Crippen LogP contribution in [0.1, 0.15) is 55.7 Å². The molecule has 21 heavy (non-hydrogen) atoms. The summed E-state index contributed by atoms with van der Waals surface area (Å²) in [5, 5.41) is 13.5. The van der Waals surface area contributed by atoms with Crippen LogP contribution in [0.15, 0.2) is 12.1 Å². The van der Waals surface area contributed by atoms with Gasteiger partial charge in [-0.25, -0.2) is 0 Å². The molecule has 0 bridgehead atoms. The molecule has 1 aromatic carbocycles. The van der Waals surface area contributed by atoms with Crippen LogP contribution in [-0.4, -0.2) is 23.9 Å². The first-order valence-corrected chi connectivity index (χ1v) is 8.27. The molecular formula is C18H29NO2. The van der Waals surface area contributed by atoms with Crippen molar-refractivity contribution in [2.24, 2.45) is 0 Å². The van der Waals surface area contributed by atoms with E-state index in [1.54, 1.807) is 0 Å². The van der Waals surface area contributed by atoms with Gasteiger partial charge in [-0.05, 0) is 62.8 Å². The van der Waals surface area contributed by atoms with Gasteiger partial charge in [-0.15, -0.1) is 0 Å². The molecule has 2 atom stereocenters. The second kappa shape index (κ2) is 7.81. The molecule has 2 N–H and O–H groups in total. The number of rotatable bonds is 6. The van der Waals surface area contributed by atoms with Crippen LogP contribution < -0.4 is 10.1 Å². The molecule has 0 amide bonds. The SMILES string of the molecule is CCCNCc1cc(C)c(OC2CCCCC2O)c(C)c1. The van der Waals surface area contributed by atoms with Crippen LogP contribution in [0.2, 0.25) is 0 Å². The Hall–Kier alpha value is -1.06. The zero-order chi connectivity index (χ0) is 15.2. The molecule has 1 aliphatic carbocycles. The first-order chi connectivity index (χ1) is 10.1. The number of aliphatic hydroxyl groups excluding tert-OH is 1. The van der Waals surface area contributed by atoms with Crippen molar-refractivity contribution in [1.29, 1.82) is 0 Å². The largest absolute Gasteiger partial charge is 0.487 e. The number of hydrogen-bond donors (Lipinski definition) is 2. The average Bonchev–Trinajstić information content (AvgIpc) is 2.45. The number of aliphatic hydroxyl groups is 1. The van der Waals surface area contributed by atoms with Crippen LogP contribution in [-0.2, 0) is 6.54 Å². The van der Waals surface area contributed by atoms with Gasteiger partial charge in [0.1, 0.15) is 11.9 Å². The fourth-order valence-corrected chi connectivity index (χ4v) is 3.10. The first kappa shape index (κ1) is 16.3. The van der Waals surface area contributed by atoms with E-state index < -0.39 is 0 Å². The lowest BCUT2D eigenvalue weighted by Crippen LogP contribution is -2.35. The van der Waals surface area contributed by atoms with Crippen molar-refractivity contribution in [3.8, 4) is 5.75 Å². The molecule has 0 aliphatic heterocycles. The van der Waals surface area contributed by atoms with E-state index in [2.05, 4.69) is 38.2 Å². The maximum absolute atomic E-state index is 10.1. The molecule has 0 spiro atoms. The Kier molecular flexibility index (Phi) is 6.07. The Morgan fingerprint density at radius 2 is 1.86 bits per heavy atom. The second-order valence-corrected chi connectivity index (χ2v) is 6.24. The summed E-state index contributed by atoms with van der Waals surface area (Å²) in [6.07, 6.45) is 4.88.